The van der Waals surface area contributed by atoms with Gasteiger partial charge in [-0.05, 0) is 74.0 Å². The van der Waals surface area contributed by atoms with Gasteiger partial charge in [0, 0.05) is 29.9 Å². The first-order valence-electron chi connectivity index (χ1n) is 9.63. The van der Waals surface area contributed by atoms with Crippen molar-refractivity contribution in [3.63, 3.8) is 0 Å². The molecule has 2 aliphatic rings. The lowest BCUT2D eigenvalue weighted by Gasteiger charge is -2.31. The highest BCUT2D eigenvalue weighted by atomic mass is 32.2. The first-order valence-corrected chi connectivity index (χ1v) is 10.4. The zero-order valence-corrected chi connectivity index (χ0v) is 17.2. The Morgan fingerprint density at radius 1 is 1.19 bits per heavy atom. The second kappa shape index (κ2) is 8.45. The zero-order valence-electron chi connectivity index (χ0n) is 16.4. The van der Waals surface area contributed by atoms with Gasteiger partial charge < -0.3 is 4.90 Å². The van der Waals surface area contributed by atoms with Crippen LogP contribution in [0.3, 0.4) is 0 Å². The van der Waals surface area contributed by atoms with Crippen LogP contribution in [0.15, 0.2) is 46.9 Å². The van der Waals surface area contributed by atoms with E-state index in [4.69, 9.17) is 0 Å². The van der Waals surface area contributed by atoms with Crippen LogP contribution < -0.4 is 0 Å². The Labute approximate surface area is 162 Å². The van der Waals surface area contributed by atoms with E-state index in [9.17, 15) is 4.79 Å². The molecule has 0 saturated carbocycles. The van der Waals surface area contributed by atoms with Crippen LogP contribution in [0.2, 0.25) is 0 Å². The maximum absolute atomic E-state index is 12.3. The molecule has 26 heavy (non-hydrogen) atoms. The van der Waals surface area contributed by atoms with Gasteiger partial charge in [-0.1, -0.05) is 38.1 Å². The Hall–Kier alpha value is -1.52. The molecule has 1 aliphatic heterocycles. The van der Waals surface area contributed by atoms with Gasteiger partial charge in [0.15, 0.2) is 0 Å². The van der Waals surface area contributed by atoms with Crippen LogP contribution in [0.5, 0.6) is 0 Å². The molecule has 1 heterocycles. The summed E-state index contributed by atoms with van der Waals surface area (Å²) in [6.07, 6.45) is 10.1. The number of hydrogen-bond donors (Lipinski definition) is 0. The fraction of sp³-hybridized carbons (Fsp3) is 0.500. The van der Waals surface area contributed by atoms with Gasteiger partial charge in [0.05, 0.1) is 0 Å². The number of fused-ring (bicyclic) bond motifs is 1. The molecule has 0 spiro atoms. The average molecular weight is 371 g/mol. The number of rotatable bonds is 5. The molecule has 1 aromatic carbocycles. The summed E-state index contributed by atoms with van der Waals surface area (Å²) >= 11 is 1.79. The summed E-state index contributed by atoms with van der Waals surface area (Å²) in [6.45, 7) is 7.81. The summed E-state index contributed by atoms with van der Waals surface area (Å²) in [5, 5.41) is 0. The molecule has 3 nitrogen and oxygen atoms in total. The second-order valence-corrected chi connectivity index (χ2v) is 8.82. The Balaban J connectivity index is 1.69. The van der Waals surface area contributed by atoms with Crippen LogP contribution in [0.4, 0.5) is 0 Å². The number of allylic oxidation sites excluding steroid dienone is 2. The molecule has 0 fully saturated rings. The molecular weight excluding hydrogens is 340 g/mol. The van der Waals surface area contributed by atoms with Gasteiger partial charge in [-0.3, -0.25) is 4.79 Å². The second-order valence-electron chi connectivity index (χ2n) is 7.59. The Morgan fingerprint density at radius 3 is 2.69 bits per heavy atom. The highest BCUT2D eigenvalue weighted by Crippen LogP contribution is 2.30. The number of likely N-dealkylation sites (N-methyl/N-ethyl adjacent to an activating group) is 1. The largest absolute Gasteiger partial charge is 0.338 e. The average Bonchev–Trinajstić information content (AvgIpc) is 2.66. The predicted octanol–water partition coefficient (Wildman–Crippen LogP) is 4.83. The summed E-state index contributed by atoms with van der Waals surface area (Å²) in [5.41, 5.74) is 4.08. The van der Waals surface area contributed by atoms with Crippen LogP contribution in [0.25, 0.3) is 0 Å². The number of nitrogens with zero attached hydrogens (tertiary/aromatic N) is 2. The molecule has 1 aliphatic carbocycles. The van der Waals surface area contributed by atoms with Crippen molar-refractivity contribution in [2.75, 3.05) is 13.6 Å². The van der Waals surface area contributed by atoms with Crippen molar-refractivity contribution >= 4 is 17.9 Å². The van der Waals surface area contributed by atoms with E-state index in [1.807, 2.05) is 18.7 Å². The molecule has 3 rings (SSSR count). The molecule has 140 valence electrons. The minimum absolute atomic E-state index is 0.0675. The summed E-state index contributed by atoms with van der Waals surface area (Å²) < 4.78 is 2.32. The summed E-state index contributed by atoms with van der Waals surface area (Å²) in [7, 11) is 2.16. The lowest BCUT2D eigenvalue weighted by Crippen LogP contribution is -2.38. The Morgan fingerprint density at radius 2 is 2.00 bits per heavy atom. The van der Waals surface area contributed by atoms with Gasteiger partial charge in [-0.2, -0.15) is 0 Å². The molecule has 1 amide bonds. The molecule has 0 N–H and O–H groups in total. The lowest BCUT2D eigenvalue weighted by atomic mass is 9.99. The predicted molar refractivity (Wildman–Crippen MR) is 110 cm³/mol. The quantitative estimate of drug-likeness (QED) is 0.694. The van der Waals surface area contributed by atoms with Crippen molar-refractivity contribution in [3.05, 3.63) is 53.1 Å². The van der Waals surface area contributed by atoms with E-state index >= 15 is 0 Å². The first-order chi connectivity index (χ1) is 12.5. The van der Waals surface area contributed by atoms with Gasteiger partial charge in [-0.25, -0.2) is 4.31 Å². The van der Waals surface area contributed by atoms with Crippen molar-refractivity contribution in [3.8, 4) is 0 Å². The highest BCUT2D eigenvalue weighted by molar-refractivity contribution is 7.97. The molecule has 0 aromatic heterocycles. The van der Waals surface area contributed by atoms with E-state index in [1.165, 1.54) is 21.6 Å². The van der Waals surface area contributed by atoms with E-state index in [0.717, 1.165) is 32.4 Å². The number of carbonyl (C=O) groups is 1. The SMILES string of the molecule is CC(C)C(=O)N1CCc2ccc(SN(C)[C@@H](C)C3=CCCC=C3)cc2C1. The number of amides is 1. The third-order valence-electron chi connectivity index (χ3n) is 5.30. The van der Waals surface area contributed by atoms with E-state index in [0.29, 0.717) is 6.04 Å². The van der Waals surface area contributed by atoms with Crippen LogP contribution in [0.1, 0.15) is 44.7 Å². The van der Waals surface area contributed by atoms with E-state index in [2.05, 4.69) is 54.7 Å². The van der Waals surface area contributed by atoms with Crippen LogP contribution in [0, 0.1) is 5.92 Å². The first kappa shape index (κ1) is 19.2. The lowest BCUT2D eigenvalue weighted by molar-refractivity contribution is -0.135. The molecule has 0 saturated heterocycles. The van der Waals surface area contributed by atoms with Gasteiger partial charge >= 0.3 is 0 Å². The van der Waals surface area contributed by atoms with Crippen LogP contribution in [-0.2, 0) is 17.8 Å². The van der Waals surface area contributed by atoms with Crippen molar-refractivity contribution in [2.45, 2.75) is 57.5 Å². The molecule has 4 heteroatoms. The number of hydrogen-bond acceptors (Lipinski definition) is 3. The normalized spacial score (nSPS) is 18.1. The standard InChI is InChI=1S/C22H30N2OS/c1-16(2)22(25)24-13-12-19-10-11-21(14-20(19)15-24)26-23(4)17(3)18-8-6-5-7-9-18/h6,8-11,14,16-17H,5,7,12-13,15H2,1-4H3/t17-/m0/s1. The molecular formula is C22H30N2OS. The minimum Gasteiger partial charge on any atom is -0.338 e. The van der Waals surface area contributed by atoms with Gasteiger partial charge in [0.2, 0.25) is 5.91 Å². The van der Waals surface area contributed by atoms with E-state index in [-0.39, 0.29) is 11.8 Å². The van der Waals surface area contributed by atoms with Crippen LogP contribution >= 0.6 is 11.9 Å². The monoisotopic (exact) mass is 370 g/mol. The summed E-state index contributed by atoms with van der Waals surface area (Å²) in [5.74, 6) is 0.327. The van der Waals surface area contributed by atoms with Gasteiger partial charge in [0.25, 0.3) is 0 Å². The maximum atomic E-state index is 12.3. The smallest absolute Gasteiger partial charge is 0.225 e. The number of benzene rings is 1. The molecule has 1 aromatic rings. The summed E-state index contributed by atoms with van der Waals surface area (Å²) in [4.78, 5) is 15.6. The van der Waals surface area contributed by atoms with Crippen molar-refractivity contribution in [2.24, 2.45) is 5.92 Å². The van der Waals surface area contributed by atoms with E-state index in [1.54, 1.807) is 11.9 Å². The Kier molecular flexibility index (Phi) is 6.25. The summed E-state index contributed by atoms with van der Waals surface area (Å²) in [6, 6.07) is 7.12. The van der Waals surface area contributed by atoms with Gasteiger partial charge in [0.1, 0.15) is 0 Å². The number of carbonyl (C=O) groups excluding carboxylic acids is 1. The molecule has 0 radical (unpaired) electrons. The Bertz CT molecular complexity index is 723. The molecule has 0 unspecified atom stereocenters. The molecule has 0 bridgehead atoms. The van der Waals surface area contributed by atoms with Crippen molar-refractivity contribution in [1.82, 2.24) is 9.21 Å². The van der Waals surface area contributed by atoms with Gasteiger partial charge in [-0.15, -0.1) is 0 Å². The maximum Gasteiger partial charge on any atom is 0.225 e. The van der Waals surface area contributed by atoms with E-state index < -0.39 is 0 Å². The van der Waals surface area contributed by atoms with Crippen molar-refractivity contribution < 1.29 is 4.79 Å². The fourth-order valence-electron chi connectivity index (χ4n) is 3.54. The topological polar surface area (TPSA) is 23.6 Å². The fourth-order valence-corrected chi connectivity index (χ4v) is 4.48. The van der Waals surface area contributed by atoms with Crippen molar-refractivity contribution in [1.29, 1.82) is 0 Å². The van der Waals surface area contributed by atoms with Crippen LogP contribution in [-0.4, -0.2) is 34.7 Å². The third kappa shape index (κ3) is 4.41. The zero-order chi connectivity index (χ0) is 18.7. The third-order valence-corrected chi connectivity index (χ3v) is 6.37. The highest BCUT2D eigenvalue weighted by Gasteiger charge is 2.23. The molecule has 1 atom stereocenters. The minimum atomic E-state index is 0.0675.